The highest BCUT2D eigenvalue weighted by Gasteiger charge is 2.13. The van der Waals surface area contributed by atoms with Crippen molar-refractivity contribution < 1.29 is 9.53 Å². The van der Waals surface area contributed by atoms with E-state index >= 15 is 0 Å². The van der Waals surface area contributed by atoms with Crippen LogP contribution in [0.4, 0.5) is 0 Å². The van der Waals surface area contributed by atoms with Gasteiger partial charge in [-0.2, -0.15) is 0 Å². The molecule has 0 bridgehead atoms. The molecule has 0 aliphatic carbocycles. The topological polar surface area (TPSA) is 52.3 Å². The third-order valence-electron chi connectivity index (χ3n) is 4.16. The number of carbonyl (C=O) groups excluding carboxylic acids is 1. The minimum absolute atomic E-state index is 0.216. The molecule has 0 rings (SSSR count). The fourth-order valence-electron chi connectivity index (χ4n) is 2.60. The summed E-state index contributed by atoms with van der Waals surface area (Å²) in [5.41, 5.74) is 5.81. The van der Waals surface area contributed by atoms with Crippen LogP contribution in [0, 0.1) is 0 Å². The highest BCUT2D eigenvalue weighted by atomic mass is 16.5. The van der Waals surface area contributed by atoms with Crippen LogP contribution in [-0.4, -0.2) is 18.6 Å². The zero-order valence-electron chi connectivity index (χ0n) is 15.1. The largest absolute Gasteiger partial charge is 0.465 e. The lowest BCUT2D eigenvalue weighted by atomic mass is 10.1. The van der Waals surface area contributed by atoms with Crippen LogP contribution in [0.5, 0.6) is 0 Å². The molecule has 0 aromatic heterocycles. The van der Waals surface area contributed by atoms with Gasteiger partial charge < -0.3 is 10.5 Å². The van der Waals surface area contributed by atoms with E-state index in [2.05, 4.69) is 13.8 Å². The highest BCUT2D eigenvalue weighted by molar-refractivity contribution is 5.75. The molecule has 2 N–H and O–H groups in total. The van der Waals surface area contributed by atoms with Crippen molar-refractivity contribution in [3.63, 3.8) is 0 Å². The van der Waals surface area contributed by atoms with Crippen molar-refractivity contribution in [2.24, 2.45) is 5.73 Å². The van der Waals surface area contributed by atoms with Gasteiger partial charge in [-0.05, 0) is 12.8 Å². The second-order valence-electron chi connectivity index (χ2n) is 6.45. The zero-order chi connectivity index (χ0) is 16.5. The minimum atomic E-state index is -0.422. The molecular formula is C19H39NO2. The van der Waals surface area contributed by atoms with Crippen LogP contribution in [0.3, 0.4) is 0 Å². The quantitative estimate of drug-likeness (QED) is 0.308. The zero-order valence-corrected chi connectivity index (χ0v) is 15.1. The predicted molar refractivity (Wildman–Crippen MR) is 94.9 cm³/mol. The van der Waals surface area contributed by atoms with E-state index in [1.165, 1.54) is 51.4 Å². The van der Waals surface area contributed by atoms with Crippen molar-refractivity contribution in [3.8, 4) is 0 Å². The third-order valence-corrected chi connectivity index (χ3v) is 4.16. The molecule has 3 nitrogen and oxygen atoms in total. The number of hydrogen-bond acceptors (Lipinski definition) is 3. The molecule has 0 saturated carbocycles. The van der Waals surface area contributed by atoms with Crippen LogP contribution >= 0.6 is 0 Å². The summed E-state index contributed by atoms with van der Waals surface area (Å²) in [7, 11) is 0. The molecule has 0 spiro atoms. The number of carbonyl (C=O) groups is 1. The SMILES string of the molecule is CCCCCCCCCCCCOC(=O)C(N)CCCCC. The molecule has 1 unspecified atom stereocenters. The second-order valence-corrected chi connectivity index (χ2v) is 6.45. The van der Waals surface area contributed by atoms with Crippen molar-refractivity contribution in [2.75, 3.05) is 6.61 Å². The fourth-order valence-corrected chi connectivity index (χ4v) is 2.60. The Bertz CT molecular complexity index is 244. The minimum Gasteiger partial charge on any atom is -0.465 e. The summed E-state index contributed by atoms with van der Waals surface area (Å²) in [6.45, 7) is 4.94. The van der Waals surface area contributed by atoms with Crippen LogP contribution < -0.4 is 5.73 Å². The summed E-state index contributed by atoms with van der Waals surface area (Å²) in [5, 5.41) is 0. The van der Waals surface area contributed by atoms with Crippen LogP contribution in [0.1, 0.15) is 104 Å². The Hall–Kier alpha value is -0.570. The van der Waals surface area contributed by atoms with Gasteiger partial charge in [-0.1, -0.05) is 90.9 Å². The van der Waals surface area contributed by atoms with Crippen molar-refractivity contribution in [1.29, 1.82) is 0 Å². The van der Waals surface area contributed by atoms with E-state index in [0.717, 1.165) is 38.5 Å². The van der Waals surface area contributed by atoms with Gasteiger partial charge in [-0.15, -0.1) is 0 Å². The maximum Gasteiger partial charge on any atom is 0.322 e. The smallest absolute Gasteiger partial charge is 0.322 e. The molecule has 0 aliphatic rings. The average Bonchev–Trinajstić information content (AvgIpc) is 2.52. The summed E-state index contributed by atoms with van der Waals surface area (Å²) in [4.78, 5) is 11.7. The first-order valence-electron chi connectivity index (χ1n) is 9.64. The molecule has 0 aromatic carbocycles. The fraction of sp³-hybridized carbons (Fsp3) is 0.947. The van der Waals surface area contributed by atoms with Crippen LogP contribution in [0.25, 0.3) is 0 Å². The first-order valence-corrected chi connectivity index (χ1v) is 9.64. The molecule has 0 fully saturated rings. The van der Waals surface area contributed by atoms with Gasteiger partial charge in [-0.25, -0.2) is 0 Å². The van der Waals surface area contributed by atoms with E-state index in [0.29, 0.717) is 6.61 Å². The van der Waals surface area contributed by atoms with Crippen molar-refractivity contribution in [2.45, 2.75) is 110 Å². The summed E-state index contributed by atoms with van der Waals surface area (Å²) < 4.78 is 5.24. The Kier molecular flexibility index (Phi) is 16.4. The molecule has 0 radical (unpaired) electrons. The van der Waals surface area contributed by atoms with E-state index in [9.17, 15) is 4.79 Å². The predicted octanol–water partition coefficient (Wildman–Crippen LogP) is 5.36. The maximum absolute atomic E-state index is 11.7. The van der Waals surface area contributed by atoms with Gasteiger partial charge in [0.1, 0.15) is 6.04 Å². The van der Waals surface area contributed by atoms with Crippen LogP contribution in [0.2, 0.25) is 0 Å². The lowest BCUT2D eigenvalue weighted by Gasteiger charge is -2.11. The van der Waals surface area contributed by atoms with Gasteiger partial charge in [0.05, 0.1) is 6.61 Å². The van der Waals surface area contributed by atoms with E-state index in [1.54, 1.807) is 0 Å². The molecule has 0 saturated heterocycles. The molecule has 0 aliphatic heterocycles. The summed E-state index contributed by atoms with van der Waals surface area (Å²) in [5.74, 6) is -0.216. The van der Waals surface area contributed by atoms with Crippen molar-refractivity contribution in [1.82, 2.24) is 0 Å². The van der Waals surface area contributed by atoms with E-state index in [1.807, 2.05) is 0 Å². The van der Waals surface area contributed by atoms with Crippen molar-refractivity contribution >= 4 is 5.97 Å². The normalized spacial score (nSPS) is 12.3. The molecule has 0 amide bonds. The number of esters is 1. The Labute approximate surface area is 138 Å². The number of ether oxygens (including phenoxy) is 1. The first-order chi connectivity index (χ1) is 10.7. The summed E-state index contributed by atoms with van der Waals surface area (Å²) >= 11 is 0. The monoisotopic (exact) mass is 313 g/mol. The Balaban J connectivity index is 3.26. The van der Waals surface area contributed by atoms with E-state index < -0.39 is 6.04 Å². The molecular weight excluding hydrogens is 274 g/mol. The van der Waals surface area contributed by atoms with E-state index in [4.69, 9.17) is 10.5 Å². The van der Waals surface area contributed by atoms with Crippen LogP contribution in [0.15, 0.2) is 0 Å². The average molecular weight is 314 g/mol. The number of rotatable bonds is 16. The molecule has 1 atom stereocenters. The lowest BCUT2D eigenvalue weighted by Crippen LogP contribution is -2.32. The molecule has 0 heterocycles. The first kappa shape index (κ1) is 21.4. The Morgan fingerprint density at radius 3 is 1.77 bits per heavy atom. The standard InChI is InChI=1S/C19H39NO2/c1-3-5-7-8-9-10-11-12-13-15-17-22-19(21)18(20)16-14-6-4-2/h18H,3-17,20H2,1-2H3. The number of unbranched alkanes of at least 4 members (excludes halogenated alkanes) is 11. The summed E-state index contributed by atoms with van der Waals surface area (Å²) in [6.07, 6.45) is 17.0. The van der Waals surface area contributed by atoms with Crippen LogP contribution in [-0.2, 0) is 9.53 Å². The molecule has 22 heavy (non-hydrogen) atoms. The van der Waals surface area contributed by atoms with Crippen molar-refractivity contribution in [3.05, 3.63) is 0 Å². The van der Waals surface area contributed by atoms with Gasteiger partial charge in [-0.3, -0.25) is 4.79 Å². The highest BCUT2D eigenvalue weighted by Crippen LogP contribution is 2.10. The number of hydrogen-bond donors (Lipinski definition) is 1. The number of nitrogens with two attached hydrogens (primary N) is 1. The molecule has 3 heteroatoms. The Morgan fingerprint density at radius 2 is 1.23 bits per heavy atom. The van der Waals surface area contributed by atoms with Gasteiger partial charge in [0.15, 0.2) is 0 Å². The Morgan fingerprint density at radius 1 is 0.773 bits per heavy atom. The van der Waals surface area contributed by atoms with Gasteiger partial charge in [0.25, 0.3) is 0 Å². The maximum atomic E-state index is 11.7. The molecule has 0 aromatic rings. The third kappa shape index (κ3) is 14.4. The van der Waals surface area contributed by atoms with Gasteiger partial charge in [0, 0.05) is 0 Å². The lowest BCUT2D eigenvalue weighted by molar-refractivity contribution is -0.145. The van der Waals surface area contributed by atoms with Gasteiger partial charge in [0.2, 0.25) is 0 Å². The summed E-state index contributed by atoms with van der Waals surface area (Å²) in [6, 6.07) is -0.422. The molecule has 132 valence electrons. The van der Waals surface area contributed by atoms with E-state index in [-0.39, 0.29) is 5.97 Å². The van der Waals surface area contributed by atoms with Gasteiger partial charge >= 0.3 is 5.97 Å². The second kappa shape index (κ2) is 16.8.